The lowest BCUT2D eigenvalue weighted by Crippen LogP contribution is -2.07. The van der Waals surface area contributed by atoms with E-state index in [9.17, 15) is 9.18 Å². The van der Waals surface area contributed by atoms with Crippen LogP contribution in [0.25, 0.3) is 10.8 Å². The van der Waals surface area contributed by atoms with Gasteiger partial charge in [0, 0.05) is 28.1 Å². The summed E-state index contributed by atoms with van der Waals surface area (Å²) in [6.45, 7) is 2.03. The maximum absolute atomic E-state index is 15.0. The molecule has 140 valence electrons. The first-order valence-corrected chi connectivity index (χ1v) is 9.24. The van der Waals surface area contributed by atoms with Crippen LogP contribution in [-0.2, 0) is 16.0 Å². The Morgan fingerprint density at radius 3 is 2.67 bits per heavy atom. The zero-order chi connectivity index (χ0) is 19.4. The second-order valence-electron chi connectivity index (χ2n) is 5.66. The van der Waals surface area contributed by atoms with Gasteiger partial charge in [-0.2, -0.15) is 0 Å². The van der Waals surface area contributed by atoms with Crippen molar-refractivity contribution < 1.29 is 23.0 Å². The van der Waals surface area contributed by atoms with Crippen molar-refractivity contribution in [3.05, 3.63) is 59.8 Å². The maximum Gasteiger partial charge on any atom is 0.310 e. The summed E-state index contributed by atoms with van der Waals surface area (Å²) in [5.41, 5.74) is 0.106. The summed E-state index contributed by atoms with van der Waals surface area (Å²) in [5, 5.41) is 0.805. The number of hydrogen-bond donors (Lipinski definition) is 0. The van der Waals surface area contributed by atoms with Gasteiger partial charge in [0.05, 0.1) is 13.5 Å². The van der Waals surface area contributed by atoms with E-state index in [-0.39, 0.29) is 29.0 Å². The third kappa shape index (κ3) is 4.36. The topological polar surface area (TPSA) is 48.4 Å². The van der Waals surface area contributed by atoms with Gasteiger partial charge in [-0.25, -0.2) is 13.8 Å². The zero-order valence-corrected chi connectivity index (χ0v) is 15.6. The summed E-state index contributed by atoms with van der Waals surface area (Å²) in [4.78, 5) is 16.7. The summed E-state index contributed by atoms with van der Waals surface area (Å²) in [6.07, 6.45) is 1.37. The van der Waals surface area contributed by atoms with Gasteiger partial charge >= 0.3 is 5.97 Å². The minimum Gasteiger partial charge on any atom is -0.469 e. The van der Waals surface area contributed by atoms with E-state index in [1.165, 1.54) is 31.4 Å². The molecule has 0 saturated heterocycles. The van der Waals surface area contributed by atoms with Gasteiger partial charge in [-0.1, -0.05) is 13.0 Å². The van der Waals surface area contributed by atoms with Crippen LogP contribution in [0.3, 0.4) is 0 Å². The number of aromatic nitrogens is 1. The summed E-state index contributed by atoms with van der Waals surface area (Å²) in [6, 6.07) is 8.89. The summed E-state index contributed by atoms with van der Waals surface area (Å²) in [5.74, 6) is -0.942. The molecule has 0 radical (unpaired) electrons. The molecule has 0 N–H and O–H groups in total. The molecule has 0 saturated carbocycles. The van der Waals surface area contributed by atoms with Crippen molar-refractivity contribution in [2.75, 3.05) is 12.9 Å². The van der Waals surface area contributed by atoms with Crippen LogP contribution in [0.15, 0.2) is 47.5 Å². The lowest BCUT2D eigenvalue weighted by Gasteiger charge is -2.13. The highest BCUT2D eigenvalue weighted by molar-refractivity contribution is 7.99. The van der Waals surface area contributed by atoms with Gasteiger partial charge in [0.25, 0.3) is 0 Å². The molecule has 3 aromatic rings. The molecule has 0 aliphatic heterocycles. The molecule has 7 heteroatoms. The number of hydrogen-bond acceptors (Lipinski definition) is 5. The number of benzene rings is 2. The number of ether oxygens (including phenoxy) is 2. The van der Waals surface area contributed by atoms with Gasteiger partial charge < -0.3 is 9.47 Å². The summed E-state index contributed by atoms with van der Waals surface area (Å²) < 4.78 is 39.0. The predicted octanol–water partition coefficient (Wildman–Crippen LogP) is 5.13. The minimum atomic E-state index is -0.743. The molecule has 3 rings (SSSR count). The average molecular weight is 389 g/mol. The first-order chi connectivity index (χ1) is 13.0. The maximum atomic E-state index is 15.0. The van der Waals surface area contributed by atoms with Crippen molar-refractivity contribution in [3.8, 4) is 11.6 Å². The highest BCUT2D eigenvalue weighted by Gasteiger charge is 2.19. The number of methoxy groups -OCH3 is 1. The number of pyridine rings is 1. The van der Waals surface area contributed by atoms with Gasteiger partial charge in [0.1, 0.15) is 5.82 Å². The molecule has 4 nitrogen and oxygen atoms in total. The van der Waals surface area contributed by atoms with Crippen molar-refractivity contribution in [2.24, 2.45) is 0 Å². The second kappa shape index (κ2) is 8.35. The smallest absolute Gasteiger partial charge is 0.310 e. The SMILES string of the molecule is CCSc1ccc(Oc2c(F)c(CC(=O)OC)cc3ccc(F)cc23)nc1. The van der Waals surface area contributed by atoms with E-state index in [0.717, 1.165) is 10.6 Å². The van der Waals surface area contributed by atoms with Crippen LogP contribution in [0.1, 0.15) is 12.5 Å². The number of thioether (sulfide) groups is 1. The highest BCUT2D eigenvalue weighted by atomic mass is 32.2. The number of carbonyl (C=O) groups is 1. The Bertz CT molecular complexity index is 977. The van der Waals surface area contributed by atoms with Gasteiger partial charge in [-0.15, -0.1) is 11.8 Å². The quantitative estimate of drug-likeness (QED) is 0.432. The first kappa shape index (κ1) is 19.1. The third-order valence-corrected chi connectivity index (χ3v) is 4.72. The van der Waals surface area contributed by atoms with E-state index >= 15 is 4.39 Å². The van der Waals surface area contributed by atoms with E-state index in [0.29, 0.717) is 5.39 Å². The molecule has 27 heavy (non-hydrogen) atoms. The third-order valence-electron chi connectivity index (χ3n) is 3.86. The van der Waals surface area contributed by atoms with Crippen LogP contribution < -0.4 is 4.74 Å². The molecule has 0 unspecified atom stereocenters. The summed E-state index contributed by atoms with van der Waals surface area (Å²) in [7, 11) is 1.23. The van der Waals surface area contributed by atoms with E-state index in [1.54, 1.807) is 24.0 Å². The second-order valence-corrected chi connectivity index (χ2v) is 7.00. The van der Waals surface area contributed by atoms with Crippen molar-refractivity contribution in [1.29, 1.82) is 0 Å². The fourth-order valence-corrected chi connectivity index (χ4v) is 3.23. The van der Waals surface area contributed by atoms with Crippen LogP contribution in [0.5, 0.6) is 11.6 Å². The fraction of sp³-hybridized carbons (Fsp3) is 0.200. The van der Waals surface area contributed by atoms with Crippen LogP contribution in [0.2, 0.25) is 0 Å². The van der Waals surface area contributed by atoms with Crippen LogP contribution in [0, 0.1) is 11.6 Å². The number of rotatable bonds is 6. The number of carbonyl (C=O) groups excluding carboxylic acids is 1. The van der Waals surface area contributed by atoms with E-state index < -0.39 is 17.6 Å². The number of esters is 1. The molecular weight excluding hydrogens is 372 g/mol. The monoisotopic (exact) mass is 389 g/mol. The molecule has 0 fully saturated rings. The molecule has 0 aliphatic rings. The molecule has 1 aromatic heterocycles. The molecule has 0 atom stereocenters. The Labute approximate surface area is 159 Å². The average Bonchev–Trinajstić information content (AvgIpc) is 2.67. The Hall–Kier alpha value is -2.67. The molecule has 0 bridgehead atoms. The predicted molar refractivity (Wildman–Crippen MR) is 100 cm³/mol. The summed E-state index contributed by atoms with van der Waals surface area (Å²) >= 11 is 1.62. The normalized spacial score (nSPS) is 10.8. The number of halogens is 2. The van der Waals surface area contributed by atoms with Crippen LogP contribution in [0.4, 0.5) is 8.78 Å². The Kier molecular flexibility index (Phi) is 5.91. The zero-order valence-electron chi connectivity index (χ0n) is 14.8. The van der Waals surface area contributed by atoms with Gasteiger partial charge in [-0.05, 0) is 35.4 Å². The highest BCUT2D eigenvalue weighted by Crippen LogP contribution is 2.35. The van der Waals surface area contributed by atoms with Crippen molar-refractivity contribution in [3.63, 3.8) is 0 Å². The Morgan fingerprint density at radius 2 is 2.00 bits per heavy atom. The number of fused-ring (bicyclic) bond motifs is 1. The molecular formula is C20H17F2NO3S. The van der Waals surface area contributed by atoms with Crippen molar-refractivity contribution >= 4 is 28.5 Å². The number of nitrogens with zero attached hydrogens (tertiary/aromatic N) is 1. The van der Waals surface area contributed by atoms with Gasteiger partial charge in [0.15, 0.2) is 11.6 Å². The Morgan fingerprint density at radius 1 is 1.19 bits per heavy atom. The van der Waals surface area contributed by atoms with E-state index in [1.807, 2.05) is 13.0 Å². The molecule has 2 aromatic carbocycles. The molecule has 0 aliphatic carbocycles. The standard InChI is InChI=1S/C20H17F2NO3S/c1-3-27-15-6-7-17(23-11-15)26-20-16-10-14(21)5-4-12(16)8-13(19(20)22)9-18(24)25-2/h4-8,10-11H,3,9H2,1-2H3. The molecule has 1 heterocycles. The van der Waals surface area contributed by atoms with Gasteiger partial charge in [-0.3, -0.25) is 4.79 Å². The Balaban J connectivity index is 2.06. The van der Waals surface area contributed by atoms with E-state index in [4.69, 9.17) is 4.74 Å². The lowest BCUT2D eigenvalue weighted by atomic mass is 10.0. The lowest BCUT2D eigenvalue weighted by molar-refractivity contribution is -0.139. The van der Waals surface area contributed by atoms with E-state index in [2.05, 4.69) is 9.72 Å². The van der Waals surface area contributed by atoms with Crippen LogP contribution in [-0.4, -0.2) is 23.8 Å². The van der Waals surface area contributed by atoms with Gasteiger partial charge in [0.2, 0.25) is 5.88 Å². The van der Waals surface area contributed by atoms with Crippen molar-refractivity contribution in [1.82, 2.24) is 4.98 Å². The fourth-order valence-electron chi connectivity index (χ4n) is 2.61. The van der Waals surface area contributed by atoms with Crippen molar-refractivity contribution in [2.45, 2.75) is 18.2 Å². The first-order valence-electron chi connectivity index (χ1n) is 8.26. The minimum absolute atomic E-state index is 0.106. The molecule has 0 amide bonds. The van der Waals surface area contributed by atoms with Crippen LogP contribution >= 0.6 is 11.8 Å². The molecule has 0 spiro atoms. The largest absolute Gasteiger partial charge is 0.469 e.